The van der Waals surface area contributed by atoms with E-state index < -0.39 is 86.8 Å². The molecular formula is C65H121NO13. The Hall–Kier alpha value is -1.79. The minimum absolute atomic E-state index is 0.252. The number of hydrogen-bond donors (Lipinski definition) is 9. The molecule has 2 rings (SSSR count). The van der Waals surface area contributed by atoms with Crippen molar-refractivity contribution in [3.05, 3.63) is 36.5 Å². The zero-order valence-corrected chi connectivity index (χ0v) is 50.1. The Kier molecular flexibility index (Phi) is 47.0. The van der Waals surface area contributed by atoms with E-state index >= 15 is 0 Å². The van der Waals surface area contributed by atoms with E-state index in [4.69, 9.17) is 18.9 Å². The Morgan fingerprint density at radius 2 is 0.861 bits per heavy atom. The van der Waals surface area contributed by atoms with Crippen LogP contribution in [0.1, 0.15) is 277 Å². The van der Waals surface area contributed by atoms with Gasteiger partial charge < -0.3 is 65.1 Å². The second-order valence-corrected chi connectivity index (χ2v) is 23.2. The highest BCUT2D eigenvalue weighted by atomic mass is 16.7. The topological polar surface area (TPSA) is 228 Å². The smallest absolute Gasteiger partial charge is 0.220 e. The molecule has 14 heteroatoms. The Bertz CT molecular complexity index is 1460. The van der Waals surface area contributed by atoms with Crippen LogP contribution in [0.5, 0.6) is 0 Å². The van der Waals surface area contributed by atoms with Crippen molar-refractivity contribution in [3.8, 4) is 0 Å². The molecule has 2 saturated heterocycles. The van der Waals surface area contributed by atoms with Gasteiger partial charge in [0.2, 0.25) is 5.91 Å². The van der Waals surface area contributed by atoms with E-state index in [9.17, 15) is 45.6 Å². The normalized spacial score (nSPS) is 24.6. The number of amides is 1. The lowest BCUT2D eigenvalue weighted by Gasteiger charge is -2.46. The molecule has 9 N–H and O–H groups in total. The van der Waals surface area contributed by atoms with Gasteiger partial charge in [0.15, 0.2) is 12.6 Å². The van der Waals surface area contributed by atoms with Crippen molar-refractivity contribution in [2.45, 2.75) is 351 Å². The Morgan fingerprint density at radius 3 is 1.32 bits per heavy atom. The number of ether oxygens (including phenoxy) is 4. The molecule has 2 heterocycles. The van der Waals surface area contributed by atoms with Crippen LogP contribution < -0.4 is 5.32 Å². The fourth-order valence-electron chi connectivity index (χ4n) is 10.8. The number of unbranched alkanes of at least 4 members (excludes halogenated alkanes) is 36. The van der Waals surface area contributed by atoms with Crippen LogP contribution in [-0.4, -0.2) is 140 Å². The molecule has 2 aliphatic heterocycles. The first kappa shape index (κ1) is 73.3. The average Bonchev–Trinajstić information content (AvgIpc) is 3.45. The van der Waals surface area contributed by atoms with Crippen LogP contribution in [0.4, 0.5) is 0 Å². The number of carbonyl (C=O) groups is 1. The summed E-state index contributed by atoms with van der Waals surface area (Å²) in [6.07, 6.45) is 46.5. The molecule has 0 aromatic heterocycles. The van der Waals surface area contributed by atoms with Crippen LogP contribution in [0.15, 0.2) is 36.5 Å². The maximum absolute atomic E-state index is 13.2. The van der Waals surface area contributed by atoms with E-state index in [2.05, 4.69) is 43.5 Å². The minimum atomic E-state index is -1.79. The molecule has 0 bridgehead atoms. The molecule has 0 radical (unpaired) electrons. The molecule has 14 nitrogen and oxygen atoms in total. The third-order valence-electron chi connectivity index (χ3n) is 16.1. The lowest BCUT2D eigenvalue weighted by atomic mass is 9.97. The van der Waals surface area contributed by atoms with Gasteiger partial charge in [0.25, 0.3) is 0 Å². The molecule has 2 aliphatic rings. The maximum Gasteiger partial charge on any atom is 0.220 e. The van der Waals surface area contributed by atoms with Crippen molar-refractivity contribution >= 4 is 5.91 Å². The highest BCUT2D eigenvalue weighted by Crippen LogP contribution is 2.30. The number of carbonyl (C=O) groups excluding carboxylic acids is 1. The molecule has 0 saturated carbocycles. The van der Waals surface area contributed by atoms with E-state index in [1.807, 2.05) is 6.08 Å². The SMILES string of the molecule is CCC/C=C\C/C=C\CCCCCCCC(=O)NC(COC1OC(CO)C(OC2OC(CO)C(O)C(O)C2O)C(O)C1O)C(O)/C=C/CCCCCCCCCCCCCCCCCCCCCCCCCCCCCCCC. The Morgan fingerprint density at radius 1 is 0.456 bits per heavy atom. The second-order valence-electron chi connectivity index (χ2n) is 23.2. The fourth-order valence-corrected chi connectivity index (χ4v) is 10.8. The zero-order valence-electron chi connectivity index (χ0n) is 50.1. The average molecular weight is 1120 g/mol. The first-order chi connectivity index (χ1) is 38.6. The predicted molar refractivity (Wildman–Crippen MR) is 318 cm³/mol. The quantitative estimate of drug-likeness (QED) is 0.0204. The summed E-state index contributed by atoms with van der Waals surface area (Å²) in [6, 6.07) is -0.922. The number of rotatable bonds is 53. The third-order valence-corrected chi connectivity index (χ3v) is 16.1. The lowest BCUT2D eigenvalue weighted by Crippen LogP contribution is -2.65. The monoisotopic (exact) mass is 1120 g/mol. The van der Waals surface area contributed by atoms with Crippen LogP contribution in [-0.2, 0) is 23.7 Å². The van der Waals surface area contributed by atoms with E-state index in [0.29, 0.717) is 6.42 Å². The van der Waals surface area contributed by atoms with Crippen molar-refractivity contribution in [3.63, 3.8) is 0 Å². The van der Waals surface area contributed by atoms with E-state index in [1.54, 1.807) is 6.08 Å². The zero-order chi connectivity index (χ0) is 57.4. The molecule has 0 aromatic rings. The molecule has 1 amide bonds. The summed E-state index contributed by atoms with van der Waals surface area (Å²) in [7, 11) is 0. The largest absolute Gasteiger partial charge is 0.394 e. The van der Waals surface area contributed by atoms with E-state index in [-0.39, 0.29) is 18.9 Å². The summed E-state index contributed by atoms with van der Waals surface area (Å²) in [4.78, 5) is 13.2. The van der Waals surface area contributed by atoms with Gasteiger partial charge in [-0.05, 0) is 44.9 Å². The molecular weight excluding hydrogens is 1000 g/mol. The number of nitrogens with one attached hydrogen (secondary N) is 1. The Balaban J connectivity index is 1.65. The van der Waals surface area contributed by atoms with Crippen molar-refractivity contribution in [2.75, 3.05) is 19.8 Å². The maximum atomic E-state index is 13.2. The first-order valence-corrected chi connectivity index (χ1v) is 32.7. The van der Waals surface area contributed by atoms with Gasteiger partial charge in [0.05, 0.1) is 32.0 Å². The molecule has 2 fully saturated rings. The molecule has 12 atom stereocenters. The van der Waals surface area contributed by atoms with Gasteiger partial charge >= 0.3 is 0 Å². The highest BCUT2D eigenvalue weighted by Gasteiger charge is 2.51. The molecule has 12 unspecified atom stereocenters. The molecule has 79 heavy (non-hydrogen) atoms. The van der Waals surface area contributed by atoms with Crippen LogP contribution >= 0.6 is 0 Å². The minimum Gasteiger partial charge on any atom is -0.394 e. The number of allylic oxidation sites excluding steroid dienone is 5. The summed E-state index contributed by atoms with van der Waals surface area (Å²) in [5.74, 6) is -0.252. The van der Waals surface area contributed by atoms with Gasteiger partial charge in [0.1, 0.15) is 48.8 Å². The van der Waals surface area contributed by atoms with Gasteiger partial charge in [0, 0.05) is 6.42 Å². The van der Waals surface area contributed by atoms with Crippen LogP contribution in [0, 0.1) is 0 Å². The van der Waals surface area contributed by atoms with E-state index in [0.717, 1.165) is 70.6 Å². The lowest BCUT2D eigenvalue weighted by molar-refractivity contribution is -0.359. The van der Waals surface area contributed by atoms with Gasteiger partial charge in [-0.15, -0.1) is 0 Å². The van der Waals surface area contributed by atoms with Gasteiger partial charge in [-0.1, -0.05) is 262 Å². The van der Waals surface area contributed by atoms with Gasteiger partial charge in [-0.3, -0.25) is 4.79 Å². The van der Waals surface area contributed by atoms with Crippen LogP contribution in [0.2, 0.25) is 0 Å². The van der Waals surface area contributed by atoms with Crippen molar-refractivity contribution in [1.82, 2.24) is 5.32 Å². The van der Waals surface area contributed by atoms with Crippen LogP contribution in [0.25, 0.3) is 0 Å². The summed E-state index contributed by atoms with van der Waals surface area (Å²) in [5, 5.41) is 87.1. The summed E-state index contributed by atoms with van der Waals surface area (Å²) >= 11 is 0. The standard InChI is InChI=1S/C65H121NO13/c1-3-5-7-9-11-13-15-17-18-19-20-21-22-23-24-25-26-27-28-29-30-31-32-33-34-35-37-38-40-42-44-46-48-54(69)53(66-57(70)49-47-45-43-41-39-36-16-14-12-10-8-6-4-2)52-76-64-62(75)60(73)63(56(51-68)78-64)79-65-61(74)59(72)58(71)55(50-67)77-65/h8,10,14,16,46,48,53-56,58-65,67-69,71-75H,3-7,9,11-13,15,17-45,47,49-52H2,1-2H3,(H,66,70)/b10-8-,16-14-,48-46+. The number of aliphatic hydroxyl groups is 8. The van der Waals surface area contributed by atoms with Crippen molar-refractivity contribution in [2.24, 2.45) is 0 Å². The molecule has 0 spiro atoms. The van der Waals surface area contributed by atoms with Crippen molar-refractivity contribution in [1.29, 1.82) is 0 Å². The second kappa shape index (κ2) is 50.7. The third kappa shape index (κ3) is 35.8. The summed E-state index contributed by atoms with van der Waals surface area (Å²) in [5.41, 5.74) is 0. The fraction of sp³-hybridized carbons (Fsp3) is 0.892. The number of hydrogen-bond acceptors (Lipinski definition) is 13. The summed E-state index contributed by atoms with van der Waals surface area (Å²) in [6.45, 7) is 2.74. The molecule has 464 valence electrons. The Labute approximate surface area is 481 Å². The summed E-state index contributed by atoms with van der Waals surface area (Å²) < 4.78 is 22.8. The predicted octanol–water partition coefficient (Wildman–Crippen LogP) is 12.2. The first-order valence-electron chi connectivity index (χ1n) is 32.7. The van der Waals surface area contributed by atoms with Crippen molar-refractivity contribution < 1.29 is 64.6 Å². The number of aliphatic hydroxyl groups excluding tert-OH is 8. The van der Waals surface area contributed by atoms with E-state index in [1.165, 1.54) is 180 Å². The highest BCUT2D eigenvalue weighted by molar-refractivity contribution is 5.76. The van der Waals surface area contributed by atoms with Gasteiger partial charge in [-0.2, -0.15) is 0 Å². The van der Waals surface area contributed by atoms with Gasteiger partial charge in [-0.25, -0.2) is 0 Å². The molecule has 0 aliphatic carbocycles. The molecule has 0 aromatic carbocycles. The van der Waals surface area contributed by atoms with Crippen LogP contribution in [0.3, 0.4) is 0 Å².